The molecule has 14 heteroatoms. The van der Waals surface area contributed by atoms with E-state index in [1.807, 2.05) is 6.92 Å². The molecule has 1 N–H and O–H groups in total. The lowest BCUT2D eigenvalue weighted by atomic mass is 9.74. The van der Waals surface area contributed by atoms with Crippen LogP contribution in [0.2, 0.25) is 10.0 Å². The molecule has 1 saturated carbocycles. The number of Topliss-reactive ketones (excluding diaryl/α,β-unsaturated/α-hetero) is 1. The van der Waals surface area contributed by atoms with Crippen LogP contribution in [0.5, 0.6) is 0 Å². The fourth-order valence-electron chi connectivity index (χ4n) is 5.36. The average Bonchev–Trinajstić information content (AvgIpc) is 3.50. The van der Waals surface area contributed by atoms with Gasteiger partial charge in [0.15, 0.2) is 11.5 Å². The van der Waals surface area contributed by atoms with Crippen molar-refractivity contribution in [3.05, 3.63) is 45.5 Å². The second kappa shape index (κ2) is 11.7. The maximum Gasteiger partial charge on any atom is 0.433 e. The van der Waals surface area contributed by atoms with Crippen molar-refractivity contribution in [2.45, 2.75) is 76.8 Å². The van der Waals surface area contributed by atoms with Crippen LogP contribution in [0.25, 0.3) is 0 Å². The quantitative estimate of drug-likeness (QED) is 0.384. The summed E-state index contributed by atoms with van der Waals surface area (Å²) in [5, 5.41) is 13.3. The van der Waals surface area contributed by atoms with E-state index in [1.165, 1.54) is 12.4 Å². The standard InChI is InChI=1S/C26H29Cl2F3N4O5/c1-14-3-4-16(40-14)12-34(13-20(36)21-18(27)10-32-11-19(21)28)23(37)17-9-33-35(22(17)26(29,30)31)15-5-7-25(2,8-6-15)24(38)39/h9-11,14-16H,3-8,12-13H2,1-2H3,(H,38,39)/t14-,15?,16-,25?/m1/s1. The zero-order valence-corrected chi connectivity index (χ0v) is 23.4. The number of hydrogen-bond acceptors (Lipinski definition) is 6. The predicted molar refractivity (Wildman–Crippen MR) is 139 cm³/mol. The Kier molecular flexibility index (Phi) is 8.82. The van der Waals surface area contributed by atoms with Crippen LogP contribution in [-0.2, 0) is 15.7 Å². The number of alkyl halides is 3. The first-order valence-corrected chi connectivity index (χ1v) is 13.6. The van der Waals surface area contributed by atoms with Gasteiger partial charge in [0.05, 0.1) is 57.6 Å². The first-order valence-electron chi connectivity index (χ1n) is 12.9. The zero-order chi connectivity index (χ0) is 29.4. The number of rotatable bonds is 8. The highest BCUT2D eigenvalue weighted by molar-refractivity contribution is 6.39. The van der Waals surface area contributed by atoms with Gasteiger partial charge in [-0.2, -0.15) is 18.3 Å². The Hall–Kier alpha value is -2.70. The van der Waals surface area contributed by atoms with Crippen molar-refractivity contribution < 1.29 is 37.4 Å². The molecule has 218 valence electrons. The van der Waals surface area contributed by atoms with E-state index in [-0.39, 0.29) is 53.9 Å². The molecule has 4 rings (SSSR count). The Morgan fingerprint density at radius 2 is 1.75 bits per heavy atom. The van der Waals surface area contributed by atoms with Crippen molar-refractivity contribution in [2.24, 2.45) is 5.41 Å². The minimum Gasteiger partial charge on any atom is -0.481 e. The summed E-state index contributed by atoms with van der Waals surface area (Å²) in [4.78, 5) is 43.3. The third-order valence-electron chi connectivity index (χ3n) is 7.71. The molecule has 1 amide bonds. The van der Waals surface area contributed by atoms with E-state index in [0.29, 0.717) is 12.8 Å². The lowest BCUT2D eigenvalue weighted by Gasteiger charge is -2.34. The number of halogens is 5. The van der Waals surface area contributed by atoms with E-state index in [9.17, 15) is 32.7 Å². The van der Waals surface area contributed by atoms with Gasteiger partial charge in [-0.05, 0) is 52.4 Å². The molecule has 9 nitrogen and oxygen atoms in total. The van der Waals surface area contributed by atoms with Crippen LogP contribution in [0.4, 0.5) is 13.2 Å². The molecule has 2 aromatic heterocycles. The van der Waals surface area contributed by atoms with Crippen LogP contribution in [0.15, 0.2) is 18.6 Å². The Morgan fingerprint density at radius 1 is 1.12 bits per heavy atom. The van der Waals surface area contributed by atoms with Crippen molar-refractivity contribution in [2.75, 3.05) is 13.1 Å². The van der Waals surface area contributed by atoms with Gasteiger partial charge >= 0.3 is 12.1 Å². The molecule has 40 heavy (non-hydrogen) atoms. The first kappa shape index (κ1) is 30.3. The molecule has 2 aromatic rings. The Balaban J connectivity index is 1.66. The van der Waals surface area contributed by atoms with Crippen LogP contribution in [0, 0.1) is 5.41 Å². The summed E-state index contributed by atoms with van der Waals surface area (Å²) in [6.07, 6.45) is -0.357. The fraction of sp³-hybridized carbons (Fsp3) is 0.577. The highest BCUT2D eigenvalue weighted by Crippen LogP contribution is 2.43. The van der Waals surface area contributed by atoms with Gasteiger partial charge in [0.2, 0.25) is 0 Å². The van der Waals surface area contributed by atoms with Crippen LogP contribution in [0.3, 0.4) is 0 Å². The average molecular weight is 605 g/mol. The largest absolute Gasteiger partial charge is 0.481 e. The number of carboxylic acid groups (broad SMARTS) is 1. The summed E-state index contributed by atoms with van der Waals surface area (Å²) in [6, 6.07) is -0.742. The van der Waals surface area contributed by atoms with Crippen molar-refractivity contribution in [1.82, 2.24) is 19.7 Å². The van der Waals surface area contributed by atoms with Crippen LogP contribution >= 0.6 is 23.2 Å². The SMILES string of the molecule is C[C@@H]1CC[C@H](CN(CC(=O)c2c(Cl)cncc2Cl)C(=O)c2cnn(C3CCC(C)(C(=O)O)CC3)c2C(F)(F)F)O1. The molecule has 0 bridgehead atoms. The van der Waals surface area contributed by atoms with Gasteiger partial charge in [-0.25, -0.2) is 0 Å². The summed E-state index contributed by atoms with van der Waals surface area (Å²) in [7, 11) is 0. The second-order valence-corrected chi connectivity index (χ2v) is 11.5. The van der Waals surface area contributed by atoms with Crippen molar-refractivity contribution in [3.8, 4) is 0 Å². The Labute approximate surface area is 238 Å². The molecule has 2 fully saturated rings. The van der Waals surface area contributed by atoms with E-state index in [4.69, 9.17) is 27.9 Å². The van der Waals surface area contributed by atoms with E-state index < -0.39 is 59.2 Å². The maximum absolute atomic E-state index is 14.4. The molecule has 0 aromatic carbocycles. The summed E-state index contributed by atoms with van der Waals surface area (Å²) < 4.78 is 49.9. The van der Waals surface area contributed by atoms with E-state index >= 15 is 0 Å². The smallest absolute Gasteiger partial charge is 0.433 e. The third-order valence-corrected chi connectivity index (χ3v) is 8.29. The zero-order valence-electron chi connectivity index (χ0n) is 21.9. The Morgan fingerprint density at radius 3 is 2.27 bits per heavy atom. The molecular weight excluding hydrogens is 576 g/mol. The number of nitrogens with zero attached hydrogens (tertiary/aromatic N) is 4. The number of carboxylic acids is 1. The number of carbonyl (C=O) groups excluding carboxylic acids is 2. The molecular formula is C26H29Cl2F3N4O5. The van der Waals surface area contributed by atoms with Gasteiger partial charge in [0, 0.05) is 18.9 Å². The van der Waals surface area contributed by atoms with Crippen LogP contribution < -0.4 is 0 Å². The molecule has 1 aliphatic carbocycles. The molecule has 0 spiro atoms. The van der Waals surface area contributed by atoms with E-state index in [2.05, 4.69) is 10.1 Å². The third kappa shape index (κ3) is 6.28. The number of ether oxygens (including phenoxy) is 1. The summed E-state index contributed by atoms with van der Waals surface area (Å²) in [6.45, 7) is 2.69. The number of carbonyl (C=O) groups is 3. The minimum atomic E-state index is -4.94. The number of amides is 1. The van der Waals surface area contributed by atoms with Gasteiger partial charge in [-0.1, -0.05) is 23.2 Å². The number of pyridine rings is 1. The van der Waals surface area contributed by atoms with Gasteiger partial charge in [-0.3, -0.25) is 24.0 Å². The monoisotopic (exact) mass is 604 g/mol. The van der Waals surface area contributed by atoms with Gasteiger partial charge in [-0.15, -0.1) is 0 Å². The number of aromatic nitrogens is 3. The van der Waals surface area contributed by atoms with E-state index in [1.54, 1.807) is 6.92 Å². The lowest BCUT2D eigenvalue weighted by Crippen LogP contribution is -2.42. The van der Waals surface area contributed by atoms with E-state index in [0.717, 1.165) is 15.8 Å². The summed E-state index contributed by atoms with van der Waals surface area (Å²) >= 11 is 12.2. The maximum atomic E-state index is 14.4. The highest BCUT2D eigenvalue weighted by atomic mass is 35.5. The minimum absolute atomic E-state index is 0.0508. The molecule has 3 heterocycles. The molecule has 1 aliphatic heterocycles. The van der Waals surface area contributed by atoms with Gasteiger partial charge < -0.3 is 14.7 Å². The lowest BCUT2D eigenvalue weighted by molar-refractivity contribution is -0.152. The highest BCUT2D eigenvalue weighted by Gasteiger charge is 2.45. The normalized spacial score (nSPS) is 25.1. The molecule has 2 aliphatic rings. The van der Waals surface area contributed by atoms with Crippen molar-refractivity contribution in [3.63, 3.8) is 0 Å². The topological polar surface area (TPSA) is 115 Å². The van der Waals surface area contributed by atoms with Crippen molar-refractivity contribution >= 4 is 40.9 Å². The first-order chi connectivity index (χ1) is 18.7. The Bertz CT molecular complexity index is 1270. The number of aliphatic carboxylic acids is 1. The molecule has 0 unspecified atom stereocenters. The van der Waals surface area contributed by atoms with Crippen LogP contribution in [0.1, 0.15) is 84.8 Å². The number of ketones is 1. The summed E-state index contributed by atoms with van der Waals surface area (Å²) in [5.74, 6) is -2.71. The second-order valence-electron chi connectivity index (χ2n) is 10.7. The summed E-state index contributed by atoms with van der Waals surface area (Å²) in [5.41, 5.74) is -3.07. The fourth-order valence-corrected chi connectivity index (χ4v) is 5.94. The predicted octanol–water partition coefficient (Wildman–Crippen LogP) is 5.70. The molecule has 1 saturated heterocycles. The van der Waals surface area contributed by atoms with Crippen molar-refractivity contribution in [1.29, 1.82) is 0 Å². The molecule has 2 atom stereocenters. The van der Waals surface area contributed by atoms with Gasteiger partial charge in [0.1, 0.15) is 0 Å². The van der Waals surface area contributed by atoms with Gasteiger partial charge in [0.25, 0.3) is 5.91 Å². The molecule has 0 radical (unpaired) electrons. The number of hydrogen-bond donors (Lipinski definition) is 1. The van der Waals surface area contributed by atoms with Crippen LogP contribution in [-0.4, -0.2) is 67.7 Å².